The van der Waals surface area contributed by atoms with E-state index in [1.165, 1.54) is 0 Å². The van der Waals surface area contributed by atoms with Crippen molar-refractivity contribution in [1.82, 2.24) is 14.5 Å². The molecule has 1 aliphatic heterocycles. The van der Waals surface area contributed by atoms with Crippen LogP contribution in [0.15, 0.2) is 36.8 Å². The van der Waals surface area contributed by atoms with Gasteiger partial charge in [0.1, 0.15) is 0 Å². The van der Waals surface area contributed by atoms with Gasteiger partial charge in [0.2, 0.25) is 0 Å². The van der Waals surface area contributed by atoms with Crippen molar-refractivity contribution in [2.75, 3.05) is 13.1 Å². The molecule has 1 fully saturated rings. The molecule has 1 aromatic heterocycles. The van der Waals surface area contributed by atoms with Gasteiger partial charge in [-0.05, 0) is 31.4 Å². The molecule has 0 N–H and O–H groups in total. The summed E-state index contributed by atoms with van der Waals surface area (Å²) in [4.78, 5) is 18.8. The van der Waals surface area contributed by atoms with Gasteiger partial charge in [0.25, 0.3) is 5.91 Å². The molecule has 3 rings (SSSR count). The van der Waals surface area contributed by atoms with Gasteiger partial charge >= 0.3 is 0 Å². The molecule has 2 aromatic rings. The Hall–Kier alpha value is -2.10. The zero-order valence-electron chi connectivity index (χ0n) is 11.7. The average molecular weight is 269 g/mol. The van der Waals surface area contributed by atoms with E-state index >= 15 is 0 Å². The lowest BCUT2D eigenvalue weighted by molar-refractivity contribution is 0.0791. The van der Waals surface area contributed by atoms with Crippen LogP contribution in [-0.2, 0) is 6.54 Å². The molecular weight excluding hydrogens is 250 g/mol. The Bertz CT molecular complexity index is 612. The number of aryl methyl sites for hydroxylation is 1. The largest absolute Gasteiger partial charge is 0.339 e. The second kappa shape index (κ2) is 5.49. The summed E-state index contributed by atoms with van der Waals surface area (Å²) >= 11 is 0. The SMILES string of the molecule is Cc1cn(Cc2ccccc2C(=O)N2CCCC2)cn1. The molecule has 1 aromatic carbocycles. The van der Waals surface area contributed by atoms with Crippen LogP contribution >= 0.6 is 0 Å². The molecule has 0 atom stereocenters. The zero-order chi connectivity index (χ0) is 13.9. The first-order valence-corrected chi connectivity index (χ1v) is 7.09. The third kappa shape index (κ3) is 2.59. The van der Waals surface area contributed by atoms with Crippen LogP contribution in [0, 0.1) is 6.92 Å². The monoisotopic (exact) mass is 269 g/mol. The van der Waals surface area contributed by atoms with Gasteiger partial charge in [0.05, 0.1) is 12.0 Å². The number of carbonyl (C=O) groups is 1. The molecular formula is C16H19N3O. The number of likely N-dealkylation sites (tertiary alicyclic amines) is 1. The number of amides is 1. The van der Waals surface area contributed by atoms with Gasteiger partial charge in [-0.2, -0.15) is 0 Å². The van der Waals surface area contributed by atoms with E-state index in [-0.39, 0.29) is 5.91 Å². The second-order valence-electron chi connectivity index (χ2n) is 5.34. The number of hydrogen-bond acceptors (Lipinski definition) is 2. The maximum absolute atomic E-state index is 12.6. The molecule has 0 radical (unpaired) electrons. The van der Waals surface area contributed by atoms with Gasteiger partial charge in [-0.25, -0.2) is 4.98 Å². The summed E-state index contributed by atoms with van der Waals surface area (Å²) in [5.74, 6) is 0.162. The lowest BCUT2D eigenvalue weighted by Gasteiger charge is -2.17. The van der Waals surface area contributed by atoms with Gasteiger partial charge < -0.3 is 9.47 Å². The summed E-state index contributed by atoms with van der Waals surface area (Å²) < 4.78 is 2.02. The van der Waals surface area contributed by atoms with E-state index in [4.69, 9.17) is 0 Å². The lowest BCUT2D eigenvalue weighted by Crippen LogP contribution is -2.28. The van der Waals surface area contributed by atoms with Crippen molar-refractivity contribution in [3.63, 3.8) is 0 Å². The normalized spacial score (nSPS) is 14.8. The zero-order valence-corrected chi connectivity index (χ0v) is 11.7. The minimum absolute atomic E-state index is 0.162. The molecule has 2 heterocycles. The number of aromatic nitrogens is 2. The Morgan fingerprint density at radius 3 is 2.70 bits per heavy atom. The minimum Gasteiger partial charge on any atom is -0.339 e. The fourth-order valence-corrected chi connectivity index (χ4v) is 2.71. The Kier molecular flexibility index (Phi) is 3.54. The van der Waals surface area contributed by atoms with Crippen molar-refractivity contribution in [2.45, 2.75) is 26.3 Å². The molecule has 104 valence electrons. The summed E-state index contributed by atoms with van der Waals surface area (Å²) in [6.07, 6.45) is 6.05. The first kappa shape index (κ1) is 12.9. The third-order valence-electron chi connectivity index (χ3n) is 3.76. The minimum atomic E-state index is 0.162. The number of nitrogens with zero attached hydrogens (tertiary/aromatic N) is 3. The van der Waals surface area contributed by atoms with Crippen LogP contribution in [0.5, 0.6) is 0 Å². The number of hydrogen-bond donors (Lipinski definition) is 0. The Morgan fingerprint density at radius 1 is 1.25 bits per heavy atom. The van der Waals surface area contributed by atoms with Crippen molar-refractivity contribution in [3.05, 3.63) is 53.6 Å². The summed E-state index contributed by atoms with van der Waals surface area (Å²) in [7, 11) is 0. The molecule has 1 saturated heterocycles. The van der Waals surface area contributed by atoms with E-state index in [9.17, 15) is 4.79 Å². The quantitative estimate of drug-likeness (QED) is 0.858. The van der Waals surface area contributed by atoms with E-state index in [1.54, 1.807) is 0 Å². The summed E-state index contributed by atoms with van der Waals surface area (Å²) in [5.41, 5.74) is 2.87. The van der Waals surface area contributed by atoms with Crippen LogP contribution in [0.3, 0.4) is 0 Å². The van der Waals surface area contributed by atoms with E-state index in [1.807, 2.05) is 53.2 Å². The maximum atomic E-state index is 12.6. The number of rotatable bonds is 3. The Labute approximate surface area is 119 Å². The molecule has 4 nitrogen and oxygen atoms in total. The van der Waals surface area contributed by atoms with Crippen molar-refractivity contribution >= 4 is 5.91 Å². The van der Waals surface area contributed by atoms with E-state index < -0.39 is 0 Å². The van der Waals surface area contributed by atoms with Gasteiger partial charge in [-0.3, -0.25) is 4.79 Å². The molecule has 0 saturated carbocycles. The van der Waals surface area contributed by atoms with E-state index in [2.05, 4.69) is 4.98 Å². The summed E-state index contributed by atoms with van der Waals surface area (Å²) in [6.45, 7) is 4.43. The highest BCUT2D eigenvalue weighted by atomic mass is 16.2. The first-order chi connectivity index (χ1) is 9.74. The van der Waals surface area contributed by atoms with Gasteiger partial charge in [0, 0.05) is 31.4 Å². The predicted octanol–water partition coefficient (Wildman–Crippen LogP) is 2.48. The molecule has 0 aliphatic carbocycles. The van der Waals surface area contributed by atoms with Gasteiger partial charge in [-0.15, -0.1) is 0 Å². The summed E-state index contributed by atoms with van der Waals surface area (Å²) in [6, 6.07) is 7.88. The van der Waals surface area contributed by atoms with Crippen molar-refractivity contribution < 1.29 is 4.79 Å². The highest BCUT2D eigenvalue weighted by Gasteiger charge is 2.21. The standard InChI is InChI=1S/C16H19N3O/c1-13-10-18(12-17-13)11-14-6-2-3-7-15(14)16(20)19-8-4-5-9-19/h2-3,6-7,10,12H,4-5,8-9,11H2,1H3. The predicted molar refractivity (Wildman–Crippen MR) is 77.6 cm³/mol. The van der Waals surface area contributed by atoms with Gasteiger partial charge in [-0.1, -0.05) is 18.2 Å². The first-order valence-electron chi connectivity index (χ1n) is 7.09. The van der Waals surface area contributed by atoms with Crippen LogP contribution in [0.1, 0.15) is 34.5 Å². The Balaban J connectivity index is 1.85. The smallest absolute Gasteiger partial charge is 0.254 e. The number of benzene rings is 1. The fourth-order valence-electron chi connectivity index (χ4n) is 2.71. The van der Waals surface area contributed by atoms with Crippen LogP contribution in [0.4, 0.5) is 0 Å². The fraction of sp³-hybridized carbons (Fsp3) is 0.375. The van der Waals surface area contributed by atoms with Crippen LogP contribution < -0.4 is 0 Å². The van der Waals surface area contributed by atoms with Crippen LogP contribution in [0.2, 0.25) is 0 Å². The average Bonchev–Trinajstić information content (AvgIpc) is 3.10. The van der Waals surface area contributed by atoms with Crippen molar-refractivity contribution in [2.24, 2.45) is 0 Å². The van der Waals surface area contributed by atoms with E-state index in [0.29, 0.717) is 6.54 Å². The highest BCUT2D eigenvalue weighted by molar-refractivity contribution is 5.95. The summed E-state index contributed by atoms with van der Waals surface area (Å²) in [5, 5.41) is 0. The van der Waals surface area contributed by atoms with Crippen LogP contribution in [0.25, 0.3) is 0 Å². The molecule has 1 amide bonds. The third-order valence-corrected chi connectivity index (χ3v) is 3.76. The molecule has 0 spiro atoms. The molecule has 20 heavy (non-hydrogen) atoms. The highest BCUT2D eigenvalue weighted by Crippen LogP contribution is 2.17. The van der Waals surface area contributed by atoms with Gasteiger partial charge in [0.15, 0.2) is 0 Å². The number of imidazole rings is 1. The van der Waals surface area contributed by atoms with E-state index in [0.717, 1.165) is 42.8 Å². The molecule has 4 heteroatoms. The second-order valence-corrected chi connectivity index (χ2v) is 5.34. The number of carbonyl (C=O) groups excluding carboxylic acids is 1. The molecule has 0 unspecified atom stereocenters. The maximum Gasteiger partial charge on any atom is 0.254 e. The van der Waals surface area contributed by atoms with Crippen molar-refractivity contribution in [3.8, 4) is 0 Å². The molecule has 1 aliphatic rings. The van der Waals surface area contributed by atoms with Crippen molar-refractivity contribution in [1.29, 1.82) is 0 Å². The van der Waals surface area contributed by atoms with Crippen LogP contribution in [-0.4, -0.2) is 33.4 Å². The topological polar surface area (TPSA) is 38.1 Å². The molecule has 0 bridgehead atoms. The lowest BCUT2D eigenvalue weighted by atomic mass is 10.1. The Morgan fingerprint density at radius 2 is 2.00 bits per heavy atom.